The van der Waals surface area contributed by atoms with Crippen LogP contribution in [-0.4, -0.2) is 162 Å². The van der Waals surface area contributed by atoms with Gasteiger partial charge in [0.05, 0.1) is 18.3 Å². The fourth-order valence-corrected chi connectivity index (χ4v) is 9.74. The highest BCUT2D eigenvalue weighted by Gasteiger charge is 2.44. The van der Waals surface area contributed by atoms with E-state index in [1.54, 1.807) is 0 Å². The van der Waals surface area contributed by atoms with Crippen molar-refractivity contribution < 1.29 is 64.2 Å². The number of benzene rings is 1. The molecular formula is C50H82N8O13. The number of hydrogen-bond acceptors (Lipinski definition) is 14. The summed E-state index contributed by atoms with van der Waals surface area (Å²) in [4.78, 5) is 101. The van der Waals surface area contributed by atoms with Gasteiger partial charge in [0, 0.05) is 32.4 Å². The second kappa shape index (κ2) is 28.9. The van der Waals surface area contributed by atoms with E-state index in [-0.39, 0.29) is 56.6 Å². The predicted octanol–water partition coefficient (Wildman–Crippen LogP) is 0.220. The number of carbonyl (C=O) groups is 7. The minimum Gasteiger partial charge on any atom is -0.508 e. The number of phenolic OH excluding ortho intramolecular Hbond substituents is 1. The van der Waals surface area contributed by atoms with Gasteiger partial charge in [-0.15, -0.1) is 0 Å². The SMILES string of the molecule is CCC(C)CC(C)CCCCCCCCC(=O)NC1CC(O)C(O)NC(=O)C2CCCN2C(=O)C(C(O)CCN)NC(=O)C(CC(O)c2ccc(O)cc2)NC(=O)C2CCCN2C(=O)C(C(C)O)NC1=O. The monoisotopic (exact) mass is 1000 g/mol. The van der Waals surface area contributed by atoms with Crippen molar-refractivity contribution in [3.05, 3.63) is 29.8 Å². The van der Waals surface area contributed by atoms with Crippen LogP contribution in [-0.2, 0) is 33.6 Å². The molecule has 71 heavy (non-hydrogen) atoms. The fourth-order valence-electron chi connectivity index (χ4n) is 9.74. The van der Waals surface area contributed by atoms with Gasteiger partial charge < -0.3 is 72.8 Å². The zero-order valence-electron chi connectivity index (χ0n) is 42.0. The van der Waals surface area contributed by atoms with E-state index in [1.165, 1.54) is 50.5 Å². The molecule has 1 aromatic rings. The van der Waals surface area contributed by atoms with Crippen LogP contribution in [0, 0.1) is 11.8 Å². The normalized spacial score (nSPS) is 27.5. The first kappa shape index (κ1) is 58.6. The maximum absolute atomic E-state index is 14.3. The molecule has 13 unspecified atom stereocenters. The molecule has 21 nitrogen and oxygen atoms in total. The number of nitrogens with one attached hydrogen (secondary N) is 5. The average Bonchev–Trinajstić information content (AvgIpc) is 4.04. The Kier molecular flexibility index (Phi) is 23.9. The van der Waals surface area contributed by atoms with Crippen LogP contribution < -0.4 is 32.3 Å². The fraction of sp³-hybridized carbons (Fsp3) is 0.740. The molecule has 13 atom stereocenters. The molecule has 3 saturated heterocycles. The Morgan fingerprint density at radius 1 is 0.732 bits per heavy atom. The van der Waals surface area contributed by atoms with E-state index in [4.69, 9.17) is 5.73 Å². The molecule has 4 rings (SSSR count). The minimum atomic E-state index is -2.05. The van der Waals surface area contributed by atoms with Crippen molar-refractivity contribution >= 4 is 41.4 Å². The number of unbranched alkanes of at least 4 members (excludes halogenated alkanes) is 5. The zero-order chi connectivity index (χ0) is 52.4. The molecule has 3 aliphatic heterocycles. The number of rotatable bonds is 20. The van der Waals surface area contributed by atoms with E-state index in [1.807, 2.05) is 0 Å². The summed E-state index contributed by atoms with van der Waals surface area (Å²) in [5.41, 5.74) is 6.00. The van der Waals surface area contributed by atoms with Gasteiger partial charge in [0.25, 0.3) is 0 Å². The highest BCUT2D eigenvalue weighted by molar-refractivity contribution is 5.98. The number of amides is 7. The van der Waals surface area contributed by atoms with Crippen molar-refractivity contribution in [2.24, 2.45) is 17.6 Å². The third kappa shape index (κ3) is 17.7. The summed E-state index contributed by atoms with van der Waals surface area (Å²) < 4.78 is 0. The number of hydrogen-bond donors (Lipinski definition) is 12. The Bertz CT molecular complexity index is 1910. The Morgan fingerprint density at radius 2 is 1.30 bits per heavy atom. The molecule has 7 amide bonds. The van der Waals surface area contributed by atoms with Gasteiger partial charge in [0.1, 0.15) is 48.1 Å². The molecule has 400 valence electrons. The van der Waals surface area contributed by atoms with Gasteiger partial charge in [-0.2, -0.15) is 0 Å². The van der Waals surface area contributed by atoms with E-state index in [0.29, 0.717) is 31.1 Å². The highest BCUT2D eigenvalue weighted by Crippen LogP contribution is 2.26. The molecule has 3 fully saturated rings. The number of aliphatic hydroxyl groups excluding tert-OH is 5. The van der Waals surface area contributed by atoms with Gasteiger partial charge >= 0.3 is 0 Å². The number of fused-ring (bicyclic) bond motifs is 2. The van der Waals surface area contributed by atoms with Gasteiger partial charge in [0.15, 0.2) is 6.23 Å². The van der Waals surface area contributed by atoms with Crippen LogP contribution in [0.3, 0.4) is 0 Å². The number of nitrogens with zero attached hydrogens (tertiary/aromatic N) is 2. The molecule has 3 heterocycles. The lowest BCUT2D eigenvalue weighted by molar-refractivity contribution is -0.146. The molecule has 3 aliphatic rings. The van der Waals surface area contributed by atoms with Crippen LogP contribution >= 0.6 is 0 Å². The molecule has 0 aliphatic carbocycles. The Labute approximate surface area is 417 Å². The predicted molar refractivity (Wildman–Crippen MR) is 261 cm³/mol. The molecule has 0 aromatic heterocycles. The highest BCUT2D eigenvalue weighted by atomic mass is 16.3. The number of aromatic hydroxyl groups is 1. The third-order valence-corrected chi connectivity index (χ3v) is 14.1. The van der Waals surface area contributed by atoms with E-state index in [2.05, 4.69) is 47.4 Å². The lowest BCUT2D eigenvalue weighted by Gasteiger charge is -2.33. The Morgan fingerprint density at radius 3 is 1.89 bits per heavy atom. The largest absolute Gasteiger partial charge is 0.508 e. The molecular weight excluding hydrogens is 921 g/mol. The smallest absolute Gasteiger partial charge is 0.248 e. The van der Waals surface area contributed by atoms with Crippen LogP contribution in [0.15, 0.2) is 24.3 Å². The summed E-state index contributed by atoms with van der Waals surface area (Å²) in [5, 5.41) is 78.2. The van der Waals surface area contributed by atoms with Crippen molar-refractivity contribution in [2.75, 3.05) is 19.6 Å². The number of phenols is 1. The quantitative estimate of drug-likeness (QED) is 0.0779. The van der Waals surface area contributed by atoms with E-state index in [0.717, 1.165) is 41.9 Å². The minimum absolute atomic E-state index is 0.00993. The maximum atomic E-state index is 14.3. The summed E-state index contributed by atoms with van der Waals surface area (Å²) in [5.74, 6) is -4.88. The topological polar surface area (TPSA) is 334 Å². The number of aliphatic hydroxyl groups is 5. The molecule has 0 spiro atoms. The molecule has 0 radical (unpaired) electrons. The van der Waals surface area contributed by atoms with Crippen molar-refractivity contribution in [2.45, 2.75) is 204 Å². The van der Waals surface area contributed by atoms with Gasteiger partial charge in [-0.05, 0) is 87.9 Å². The third-order valence-electron chi connectivity index (χ3n) is 14.1. The molecule has 0 saturated carbocycles. The first-order chi connectivity index (χ1) is 33.7. The molecule has 21 heteroatoms. The summed E-state index contributed by atoms with van der Waals surface area (Å²) in [6.07, 6.45) is -0.192. The summed E-state index contributed by atoms with van der Waals surface area (Å²) in [7, 11) is 0. The van der Waals surface area contributed by atoms with Crippen molar-refractivity contribution in [1.29, 1.82) is 0 Å². The zero-order valence-corrected chi connectivity index (χ0v) is 42.0. The Balaban J connectivity index is 1.61. The van der Waals surface area contributed by atoms with Gasteiger partial charge in [-0.25, -0.2) is 0 Å². The molecule has 1 aromatic carbocycles. The molecule has 13 N–H and O–H groups in total. The van der Waals surface area contributed by atoms with E-state index < -0.39 is 121 Å². The lowest BCUT2D eigenvalue weighted by atomic mass is 9.91. The van der Waals surface area contributed by atoms with Gasteiger partial charge in [-0.1, -0.05) is 77.8 Å². The van der Waals surface area contributed by atoms with Crippen LogP contribution in [0.25, 0.3) is 0 Å². The number of carbonyl (C=O) groups excluding carboxylic acids is 7. The van der Waals surface area contributed by atoms with E-state index in [9.17, 15) is 64.2 Å². The second-order valence-electron chi connectivity index (χ2n) is 20.0. The average molecular weight is 1000 g/mol. The first-order valence-corrected chi connectivity index (χ1v) is 25.8. The van der Waals surface area contributed by atoms with Gasteiger partial charge in [-0.3, -0.25) is 33.6 Å². The summed E-state index contributed by atoms with van der Waals surface area (Å²) in [6.45, 7) is 7.86. The van der Waals surface area contributed by atoms with Crippen molar-refractivity contribution in [3.8, 4) is 5.75 Å². The second-order valence-corrected chi connectivity index (χ2v) is 20.0. The Hall–Kier alpha value is -4.93. The summed E-state index contributed by atoms with van der Waals surface area (Å²) >= 11 is 0. The van der Waals surface area contributed by atoms with Crippen molar-refractivity contribution in [3.63, 3.8) is 0 Å². The van der Waals surface area contributed by atoms with Crippen LogP contribution in [0.5, 0.6) is 5.75 Å². The van der Waals surface area contributed by atoms with Crippen LogP contribution in [0.1, 0.15) is 149 Å². The summed E-state index contributed by atoms with van der Waals surface area (Å²) in [6, 6.07) is -3.75. The molecule has 0 bridgehead atoms. The van der Waals surface area contributed by atoms with Crippen LogP contribution in [0.2, 0.25) is 0 Å². The first-order valence-electron chi connectivity index (χ1n) is 25.8. The lowest BCUT2D eigenvalue weighted by Crippen LogP contribution is -2.62. The van der Waals surface area contributed by atoms with Gasteiger partial charge in [0.2, 0.25) is 41.4 Å². The van der Waals surface area contributed by atoms with Crippen LogP contribution in [0.4, 0.5) is 0 Å². The standard InChI is InChI=1S/C50H82N8O13/c1-5-29(2)26-30(3)14-10-8-6-7-9-11-17-41(64)52-34-28-40(63)48(69)56-47(68)37-16-13-25-58(37)50(71)43(38(61)22-23-51)55-45(66)35(27-39(62)32-18-20-33(60)21-19-32)53-46(67)36-15-12-24-57(36)49(70)42(31(4)59)54-44(34)65/h18-21,29-31,34-40,42-43,48,59-63,69H,5-17,22-28,51H2,1-4H3,(H,52,64)(H,53,67)(H,54,65)(H,55,66)(H,56,68). The van der Waals surface area contributed by atoms with E-state index >= 15 is 0 Å². The number of nitrogens with two attached hydrogens (primary N) is 1. The van der Waals surface area contributed by atoms with Crippen molar-refractivity contribution in [1.82, 2.24) is 36.4 Å². The maximum Gasteiger partial charge on any atom is 0.248 e.